The minimum absolute atomic E-state index is 0.176. The van der Waals surface area contributed by atoms with Crippen molar-refractivity contribution < 1.29 is 14.7 Å². The van der Waals surface area contributed by atoms with Crippen molar-refractivity contribution in [2.24, 2.45) is 0 Å². The number of aliphatic carboxylic acids is 1. The minimum atomic E-state index is -0.967. The van der Waals surface area contributed by atoms with Crippen molar-refractivity contribution in [1.29, 1.82) is 0 Å². The Labute approximate surface area is 162 Å². The van der Waals surface area contributed by atoms with Gasteiger partial charge in [0.1, 0.15) is 0 Å². The number of aromatic nitrogens is 2. The van der Waals surface area contributed by atoms with Crippen molar-refractivity contribution in [3.63, 3.8) is 0 Å². The van der Waals surface area contributed by atoms with Crippen molar-refractivity contribution in [3.8, 4) is 5.69 Å². The number of carbonyl (C=O) groups is 2. The molecule has 6 nitrogen and oxygen atoms in total. The summed E-state index contributed by atoms with van der Waals surface area (Å²) in [6.45, 7) is 1.81. The normalized spacial score (nSPS) is 11.9. The second kappa shape index (κ2) is 7.84. The number of carboxylic acid groups (broad SMARTS) is 1. The quantitative estimate of drug-likeness (QED) is 0.616. The molecule has 26 heavy (non-hydrogen) atoms. The molecule has 0 saturated heterocycles. The van der Waals surface area contributed by atoms with Crippen molar-refractivity contribution in [2.75, 3.05) is 0 Å². The third-order valence-electron chi connectivity index (χ3n) is 3.88. The Morgan fingerprint density at radius 3 is 2.81 bits per heavy atom. The first-order chi connectivity index (χ1) is 12.5. The molecule has 0 aliphatic heterocycles. The average molecular weight is 434 g/mol. The zero-order valence-corrected chi connectivity index (χ0v) is 16.3. The van der Waals surface area contributed by atoms with E-state index in [4.69, 9.17) is 5.11 Å². The van der Waals surface area contributed by atoms with E-state index in [1.807, 2.05) is 41.8 Å². The molecule has 3 rings (SSSR count). The molecule has 1 aromatic carbocycles. The van der Waals surface area contributed by atoms with E-state index in [-0.39, 0.29) is 12.3 Å². The lowest BCUT2D eigenvalue weighted by Crippen LogP contribution is -2.30. The van der Waals surface area contributed by atoms with Gasteiger partial charge in [-0.2, -0.15) is 5.10 Å². The summed E-state index contributed by atoms with van der Waals surface area (Å²) in [5, 5.41) is 18.1. The molecule has 8 heteroatoms. The number of thiophene rings is 1. The number of benzene rings is 1. The molecule has 3 aromatic rings. The van der Waals surface area contributed by atoms with Crippen LogP contribution in [-0.2, 0) is 4.79 Å². The van der Waals surface area contributed by atoms with Crippen LogP contribution in [0.25, 0.3) is 5.69 Å². The van der Waals surface area contributed by atoms with E-state index in [1.165, 1.54) is 17.5 Å². The van der Waals surface area contributed by atoms with Crippen molar-refractivity contribution in [2.45, 2.75) is 19.4 Å². The van der Waals surface area contributed by atoms with Crippen LogP contribution in [0.5, 0.6) is 0 Å². The van der Waals surface area contributed by atoms with E-state index in [0.29, 0.717) is 11.3 Å². The maximum Gasteiger partial charge on any atom is 0.305 e. The van der Waals surface area contributed by atoms with Crippen molar-refractivity contribution >= 4 is 39.1 Å². The SMILES string of the molecule is Cc1c(C(=O)N[C@@H](CC(=O)O)c2cccs2)cnn1-c1cccc(Br)c1. The number of nitrogens with zero attached hydrogens (tertiary/aromatic N) is 2. The number of carbonyl (C=O) groups excluding carboxylic acids is 1. The molecule has 0 spiro atoms. The minimum Gasteiger partial charge on any atom is -0.481 e. The average Bonchev–Trinajstić information content (AvgIpc) is 3.23. The van der Waals surface area contributed by atoms with Gasteiger partial charge >= 0.3 is 5.97 Å². The van der Waals surface area contributed by atoms with E-state index in [0.717, 1.165) is 15.0 Å². The largest absolute Gasteiger partial charge is 0.481 e. The van der Waals surface area contributed by atoms with Crippen LogP contribution in [0.1, 0.15) is 33.4 Å². The summed E-state index contributed by atoms with van der Waals surface area (Å²) in [7, 11) is 0. The Balaban J connectivity index is 1.85. The third kappa shape index (κ3) is 4.03. The number of rotatable bonds is 6. The summed E-state index contributed by atoms with van der Waals surface area (Å²) in [5.41, 5.74) is 1.93. The molecule has 0 bridgehead atoms. The van der Waals surface area contributed by atoms with Crippen LogP contribution in [0.2, 0.25) is 0 Å². The Morgan fingerprint density at radius 1 is 1.35 bits per heavy atom. The predicted molar refractivity (Wildman–Crippen MR) is 103 cm³/mol. The number of hydrogen-bond donors (Lipinski definition) is 2. The van der Waals surface area contributed by atoms with E-state index < -0.39 is 12.0 Å². The first-order valence-electron chi connectivity index (χ1n) is 7.82. The molecule has 0 aliphatic rings. The maximum absolute atomic E-state index is 12.7. The van der Waals surface area contributed by atoms with Crippen LogP contribution in [0.4, 0.5) is 0 Å². The molecule has 0 fully saturated rings. The Bertz CT molecular complexity index is 937. The first-order valence-corrected chi connectivity index (χ1v) is 9.49. The molecule has 0 unspecified atom stereocenters. The Hall–Kier alpha value is -2.45. The van der Waals surface area contributed by atoms with Gasteiger partial charge in [0.15, 0.2) is 0 Å². The Kier molecular flexibility index (Phi) is 5.53. The molecule has 2 aromatic heterocycles. The van der Waals surface area contributed by atoms with Gasteiger partial charge in [0.05, 0.1) is 35.6 Å². The monoisotopic (exact) mass is 433 g/mol. The summed E-state index contributed by atoms with van der Waals surface area (Å²) in [6, 6.07) is 10.7. The van der Waals surface area contributed by atoms with E-state index >= 15 is 0 Å². The van der Waals surface area contributed by atoms with Crippen LogP contribution in [0, 0.1) is 6.92 Å². The van der Waals surface area contributed by atoms with E-state index in [9.17, 15) is 9.59 Å². The second-order valence-corrected chi connectivity index (χ2v) is 7.57. The highest BCUT2D eigenvalue weighted by Gasteiger charge is 2.22. The smallest absolute Gasteiger partial charge is 0.305 e. The van der Waals surface area contributed by atoms with Gasteiger partial charge in [-0.15, -0.1) is 11.3 Å². The topological polar surface area (TPSA) is 84.2 Å². The fourth-order valence-corrected chi connectivity index (χ4v) is 3.79. The molecule has 2 heterocycles. The van der Waals surface area contributed by atoms with Crippen LogP contribution in [0.15, 0.2) is 52.4 Å². The molecule has 0 saturated carbocycles. The number of amides is 1. The maximum atomic E-state index is 12.7. The third-order valence-corrected chi connectivity index (χ3v) is 5.36. The standard InChI is InChI=1S/C18H16BrN3O3S/c1-11-14(10-20-22(11)13-5-2-4-12(19)8-13)18(25)21-15(9-17(23)24)16-6-3-7-26-16/h2-8,10,15H,9H2,1H3,(H,21,25)(H,23,24)/t15-/m0/s1. The molecule has 1 amide bonds. The molecule has 0 radical (unpaired) electrons. The van der Waals surface area contributed by atoms with Crippen LogP contribution >= 0.6 is 27.3 Å². The zero-order valence-electron chi connectivity index (χ0n) is 13.8. The van der Waals surface area contributed by atoms with Crippen LogP contribution in [-0.4, -0.2) is 26.8 Å². The van der Waals surface area contributed by atoms with Crippen LogP contribution < -0.4 is 5.32 Å². The lowest BCUT2D eigenvalue weighted by Gasteiger charge is -2.15. The summed E-state index contributed by atoms with van der Waals surface area (Å²) in [5.74, 6) is -1.31. The zero-order chi connectivity index (χ0) is 18.7. The van der Waals surface area contributed by atoms with E-state index in [2.05, 4.69) is 26.3 Å². The van der Waals surface area contributed by atoms with Crippen LogP contribution in [0.3, 0.4) is 0 Å². The number of halogens is 1. The predicted octanol–water partition coefficient (Wildman–Crippen LogP) is 3.95. The van der Waals surface area contributed by atoms with Crippen molar-refractivity contribution in [1.82, 2.24) is 15.1 Å². The summed E-state index contributed by atoms with van der Waals surface area (Å²) in [4.78, 5) is 24.6. The van der Waals surface area contributed by atoms with Gasteiger partial charge in [-0.1, -0.05) is 28.1 Å². The highest BCUT2D eigenvalue weighted by Crippen LogP contribution is 2.24. The molecular formula is C18H16BrN3O3S. The summed E-state index contributed by atoms with van der Waals surface area (Å²) in [6.07, 6.45) is 1.32. The molecular weight excluding hydrogens is 418 g/mol. The lowest BCUT2D eigenvalue weighted by atomic mass is 10.1. The van der Waals surface area contributed by atoms with Crippen molar-refractivity contribution in [3.05, 3.63) is 68.6 Å². The summed E-state index contributed by atoms with van der Waals surface area (Å²) >= 11 is 4.84. The molecule has 1 atom stereocenters. The fourth-order valence-electron chi connectivity index (χ4n) is 2.62. The lowest BCUT2D eigenvalue weighted by molar-refractivity contribution is -0.137. The fraction of sp³-hybridized carbons (Fsp3) is 0.167. The summed E-state index contributed by atoms with van der Waals surface area (Å²) < 4.78 is 2.59. The van der Waals surface area contributed by atoms with E-state index in [1.54, 1.807) is 11.6 Å². The van der Waals surface area contributed by atoms with Gasteiger partial charge in [0, 0.05) is 9.35 Å². The molecule has 134 valence electrons. The van der Waals surface area contributed by atoms with Gasteiger partial charge in [-0.3, -0.25) is 9.59 Å². The second-order valence-electron chi connectivity index (χ2n) is 5.67. The van der Waals surface area contributed by atoms with Gasteiger partial charge < -0.3 is 10.4 Å². The number of nitrogens with one attached hydrogen (secondary N) is 1. The highest BCUT2D eigenvalue weighted by molar-refractivity contribution is 9.10. The Morgan fingerprint density at radius 2 is 2.15 bits per heavy atom. The molecule has 2 N–H and O–H groups in total. The van der Waals surface area contributed by atoms with Gasteiger partial charge in [-0.25, -0.2) is 4.68 Å². The van der Waals surface area contributed by atoms with Gasteiger partial charge in [0.25, 0.3) is 5.91 Å². The number of carboxylic acids is 1. The van der Waals surface area contributed by atoms with Gasteiger partial charge in [-0.05, 0) is 36.6 Å². The number of hydrogen-bond acceptors (Lipinski definition) is 4. The first kappa shape index (κ1) is 18.3. The highest BCUT2D eigenvalue weighted by atomic mass is 79.9. The molecule has 0 aliphatic carbocycles. The van der Waals surface area contributed by atoms with Gasteiger partial charge in [0.2, 0.25) is 0 Å².